The maximum atomic E-state index is 13.9. The maximum absolute atomic E-state index is 13.9. The number of benzene rings is 1. The van der Waals surface area contributed by atoms with Gasteiger partial charge in [0.05, 0.1) is 6.10 Å². The molecule has 2 atom stereocenters. The molecule has 2 nitrogen and oxygen atoms in total. The second kappa shape index (κ2) is 7.85. The highest BCUT2D eigenvalue weighted by atomic mass is 19.1. The minimum absolute atomic E-state index is 0.0186. The molecule has 0 radical (unpaired) electrons. The zero-order chi connectivity index (χ0) is 16.0. The van der Waals surface area contributed by atoms with Crippen molar-refractivity contribution in [3.63, 3.8) is 0 Å². The van der Waals surface area contributed by atoms with E-state index in [2.05, 4.69) is 33.0 Å². The van der Waals surface area contributed by atoms with Crippen LogP contribution in [0.5, 0.6) is 0 Å². The molecule has 0 aliphatic rings. The summed E-state index contributed by atoms with van der Waals surface area (Å²) in [5, 5.41) is 3.43. The first-order valence-electron chi connectivity index (χ1n) is 7.49. The molecule has 0 aromatic heterocycles. The van der Waals surface area contributed by atoms with Gasteiger partial charge in [0.15, 0.2) is 0 Å². The largest absolute Gasteiger partial charge is 0.379 e. The third-order valence-corrected chi connectivity index (χ3v) is 3.58. The van der Waals surface area contributed by atoms with Crippen LogP contribution in [0.3, 0.4) is 0 Å². The van der Waals surface area contributed by atoms with Crippen molar-refractivity contribution in [2.45, 2.75) is 52.7 Å². The Morgan fingerprint density at radius 3 is 2.38 bits per heavy atom. The lowest BCUT2D eigenvalue weighted by atomic mass is 9.82. The Labute approximate surface area is 126 Å². The van der Waals surface area contributed by atoms with Crippen LogP contribution in [0.4, 0.5) is 8.78 Å². The quantitative estimate of drug-likeness (QED) is 0.823. The van der Waals surface area contributed by atoms with E-state index in [-0.39, 0.29) is 17.6 Å². The van der Waals surface area contributed by atoms with Crippen LogP contribution in [0.25, 0.3) is 0 Å². The van der Waals surface area contributed by atoms with Crippen LogP contribution < -0.4 is 5.32 Å². The molecule has 0 heterocycles. The summed E-state index contributed by atoms with van der Waals surface area (Å²) in [6.07, 6.45) is 1.40. The molecule has 4 heteroatoms. The maximum Gasteiger partial charge on any atom is 0.129 e. The van der Waals surface area contributed by atoms with Gasteiger partial charge < -0.3 is 10.1 Å². The van der Waals surface area contributed by atoms with Gasteiger partial charge in [-0.25, -0.2) is 8.78 Å². The molecular weight excluding hydrogens is 272 g/mol. The molecule has 0 bridgehead atoms. The summed E-state index contributed by atoms with van der Waals surface area (Å²) in [6.45, 7) is 9.22. The summed E-state index contributed by atoms with van der Waals surface area (Å²) < 4.78 is 32.6. The third kappa shape index (κ3) is 5.36. The minimum atomic E-state index is -0.548. The predicted octanol–water partition coefficient (Wildman–Crippen LogP) is 3.94. The lowest BCUT2D eigenvalue weighted by Gasteiger charge is -2.36. The van der Waals surface area contributed by atoms with Gasteiger partial charge in [-0.15, -0.1) is 0 Å². The zero-order valence-corrected chi connectivity index (χ0v) is 13.7. The van der Waals surface area contributed by atoms with Gasteiger partial charge in [-0.2, -0.15) is 0 Å². The Kier molecular flexibility index (Phi) is 6.75. The average molecular weight is 299 g/mol. The Hall–Kier alpha value is -1.00. The van der Waals surface area contributed by atoms with E-state index < -0.39 is 11.6 Å². The summed E-state index contributed by atoms with van der Waals surface area (Å²) in [7, 11) is 1.68. The molecule has 1 N–H and O–H groups in total. The van der Waals surface area contributed by atoms with Gasteiger partial charge in [0.1, 0.15) is 11.6 Å². The van der Waals surface area contributed by atoms with Crippen molar-refractivity contribution in [3.05, 3.63) is 35.4 Å². The molecule has 0 spiro atoms. The van der Waals surface area contributed by atoms with Crippen molar-refractivity contribution in [1.82, 2.24) is 5.32 Å². The SMILES string of the molecule is CCCNC(Cc1ccc(F)cc1F)C(OC)C(C)(C)C. The Balaban J connectivity index is 2.96. The molecule has 0 saturated heterocycles. The average Bonchev–Trinajstić information content (AvgIpc) is 2.37. The predicted molar refractivity (Wildman–Crippen MR) is 82.4 cm³/mol. The van der Waals surface area contributed by atoms with Crippen LogP contribution in [0, 0.1) is 17.0 Å². The van der Waals surface area contributed by atoms with Gasteiger partial charge in [0, 0.05) is 19.2 Å². The van der Waals surface area contributed by atoms with Gasteiger partial charge in [0.2, 0.25) is 0 Å². The van der Waals surface area contributed by atoms with Gasteiger partial charge in [-0.1, -0.05) is 33.8 Å². The summed E-state index contributed by atoms with van der Waals surface area (Å²) in [5.41, 5.74) is 0.438. The first-order valence-corrected chi connectivity index (χ1v) is 7.49. The molecule has 120 valence electrons. The van der Waals surface area contributed by atoms with E-state index in [0.29, 0.717) is 12.0 Å². The van der Waals surface area contributed by atoms with E-state index in [1.165, 1.54) is 12.1 Å². The second-order valence-electron chi connectivity index (χ2n) is 6.52. The van der Waals surface area contributed by atoms with Crippen molar-refractivity contribution >= 4 is 0 Å². The van der Waals surface area contributed by atoms with Crippen molar-refractivity contribution in [1.29, 1.82) is 0 Å². The number of methoxy groups -OCH3 is 1. The van der Waals surface area contributed by atoms with E-state index in [9.17, 15) is 8.78 Å². The molecule has 1 aromatic carbocycles. The second-order valence-corrected chi connectivity index (χ2v) is 6.52. The van der Waals surface area contributed by atoms with E-state index >= 15 is 0 Å². The molecular formula is C17H27F2NO. The third-order valence-electron chi connectivity index (χ3n) is 3.58. The number of hydrogen-bond acceptors (Lipinski definition) is 2. The molecule has 0 amide bonds. The highest BCUT2D eigenvalue weighted by Gasteiger charge is 2.32. The fourth-order valence-electron chi connectivity index (χ4n) is 2.66. The van der Waals surface area contributed by atoms with E-state index in [4.69, 9.17) is 4.74 Å². The van der Waals surface area contributed by atoms with Crippen molar-refractivity contribution < 1.29 is 13.5 Å². The van der Waals surface area contributed by atoms with Gasteiger partial charge in [-0.3, -0.25) is 0 Å². The highest BCUT2D eigenvalue weighted by Crippen LogP contribution is 2.27. The number of ether oxygens (including phenoxy) is 1. The van der Waals surface area contributed by atoms with E-state index in [0.717, 1.165) is 19.0 Å². The lowest BCUT2D eigenvalue weighted by Crippen LogP contribution is -2.49. The van der Waals surface area contributed by atoms with Crippen molar-refractivity contribution in [2.75, 3.05) is 13.7 Å². The molecule has 0 saturated carbocycles. The summed E-state index contributed by atoms with van der Waals surface area (Å²) >= 11 is 0. The Morgan fingerprint density at radius 1 is 1.24 bits per heavy atom. The van der Waals surface area contributed by atoms with E-state index in [1.54, 1.807) is 7.11 Å². The number of rotatable bonds is 7. The fraction of sp³-hybridized carbons (Fsp3) is 0.647. The van der Waals surface area contributed by atoms with Gasteiger partial charge in [-0.05, 0) is 36.4 Å². The molecule has 0 aliphatic heterocycles. The van der Waals surface area contributed by atoms with Crippen LogP contribution in [-0.2, 0) is 11.2 Å². The molecule has 2 unspecified atom stereocenters. The highest BCUT2D eigenvalue weighted by molar-refractivity contribution is 5.20. The summed E-state index contributed by atoms with van der Waals surface area (Å²) in [6, 6.07) is 3.73. The number of hydrogen-bond donors (Lipinski definition) is 1. The van der Waals surface area contributed by atoms with E-state index in [1.807, 2.05) is 0 Å². The first kappa shape index (κ1) is 18.1. The summed E-state index contributed by atoms with van der Waals surface area (Å²) in [5.74, 6) is -1.05. The van der Waals surface area contributed by atoms with Gasteiger partial charge >= 0.3 is 0 Å². The van der Waals surface area contributed by atoms with Crippen molar-refractivity contribution in [2.24, 2.45) is 5.41 Å². The Bertz CT molecular complexity index is 443. The first-order chi connectivity index (χ1) is 9.79. The lowest BCUT2D eigenvalue weighted by molar-refractivity contribution is -0.0111. The van der Waals surface area contributed by atoms with Crippen LogP contribution in [0.15, 0.2) is 18.2 Å². The van der Waals surface area contributed by atoms with Gasteiger partial charge in [0.25, 0.3) is 0 Å². The van der Waals surface area contributed by atoms with Crippen molar-refractivity contribution in [3.8, 4) is 0 Å². The molecule has 21 heavy (non-hydrogen) atoms. The molecule has 0 aliphatic carbocycles. The molecule has 0 fully saturated rings. The zero-order valence-electron chi connectivity index (χ0n) is 13.7. The molecule has 1 rings (SSSR count). The van der Waals surface area contributed by atoms with Crippen LogP contribution in [-0.4, -0.2) is 25.8 Å². The monoisotopic (exact) mass is 299 g/mol. The standard InChI is InChI=1S/C17H27F2NO/c1-6-9-20-15(16(21-5)17(2,3)4)10-12-7-8-13(18)11-14(12)19/h7-8,11,15-16,20H,6,9-10H2,1-5H3. The van der Waals surface area contributed by atoms with Crippen LogP contribution in [0.2, 0.25) is 0 Å². The minimum Gasteiger partial charge on any atom is -0.379 e. The Morgan fingerprint density at radius 2 is 1.90 bits per heavy atom. The normalized spacial score (nSPS) is 15.0. The topological polar surface area (TPSA) is 21.3 Å². The molecule has 1 aromatic rings. The number of nitrogens with one attached hydrogen (secondary N) is 1. The van der Waals surface area contributed by atoms with Crippen LogP contribution >= 0.6 is 0 Å². The smallest absolute Gasteiger partial charge is 0.129 e. The van der Waals surface area contributed by atoms with Crippen LogP contribution in [0.1, 0.15) is 39.7 Å². The summed E-state index contributed by atoms with van der Waals surface area (Å²) in [4.78, 5) is 0. The number of halogens is 2. The fourth-order valence-corrected chi connectivity index (χ4v) is 2.66.